The van der Waals surface area contributed by atoms with Gasteiger partial charge in [-0.15, -0.1) is 0 Å². The average molecular weight is 136 g/mol. The van der Waals surface area contributed by atoms with Crippen molar-refractivity contribution >= 4 is 5.71 Å². The number of fused-ring (bicyclic) bond motifs is 1. The number of hydrogen-bond donors (Lipinski definition) is 1. The van der Waals surface area contributed by atoms with E-state index in [0.717, 1.165) is 12.8 Å². The van der Waals surface area contributed by atoms with E-state index >= 15 is 0 Å². The fourth-order valence-corrected chi connectivity index (χ4v) is 1.27. The van der Waals surface area contributed by atoms with Crippen molar-refractivity contribution in [1.82, 2.24) is 0 Å². The molecule has 2 nitrogen and oxygen atoms in total. The molecule has 0 spiro atoms. The van der Waals surface area contributed by atoms with Crippen LogP contribution in [0.4, 0.5) is 0 Å². The third kappa shape index (κ3) is 0.856. The summed E-state index contributed by atoms with van der Waals surface area (Å²) in [7, 11) is 0. The molecule has 1 unspecified atom stereocenters. The molecule has 2 heteroatoms. The second-order valence-corrected chi connectivity index (χ2v) is 2.51. The van der Waals surface area contributed by atoms with Crippen molar-refractivity contribution in [2.75, 3.05) is 0 Å². The number of nitrogens with one attached hydrogen (secondary N) is 1. The minimum absolute atomic E-state index is 0.287. The van der Waals surface area contributed by atoms with Gasteiger partial charge in [-0.05, 0) is 12.8 Å². The van der Waals surface area contributed by atoms with E-state index in [4.69, 9.17) is 4.74 Å². The molecule has 0 amide bonds. The molecule has 10 heavy (non-hydrogen) atoms. The predicted octanol–water partition coefficient (Wildman–Crippen LogP) is -0.272. The second-order valence-electron chi connectivity index (χ2n) is 2.51. The molecule has 2 aliphatic rings. The van der Waals surface area contributed by atoms with E-state index in [1.165, 1.54) is 5.71 Å². The Hall–Kier alpha value is -1.05. The van der Waals surface area contributed by atoms with Gasteiger partial charge in [-0.3, -0.25) is 0 Å². The molecule has 1 atom stereocenters. The van der Waals surface area contributed by atoms with Gasteiger partial charge in [-0.25, -0.2) is 4.99 Å². The lowest BCUT2D eigenvalue weighted by Gasteiger charge is -2.16. The maximum absolute atomic E-state index is 5.35. The summed E-state index contributed by atoms with van der Waals surface area (Å²) in [6.07, 6.45) is 10.3. The zero-order valence-electron chi connectivity index (χ0n) is 5.71. The first-order valence-electron chi connectivity index (χ1n) is 3.57. The van der Waals surface area contributed by atoms with Crippen molar-refractivity contribution in [3.05, 3.63) is 24.6 Å². The summed E-state index contributed by atoms with van der Waals surface area (Å²) in [5.74, 6) is 0. The highest BCUT2D eigenvalue weighted by Gasteiger charge is 2.23. The van der Waals surface area contributed by atoms with Gasteiger partial charge in [0.2, 0.25) is 11.9 Å². The maximum Gasteiger partial charge on any atom is 0.220 e. The second kappa shape index (κ2) is 2.29. The van der Waals surface area contributed by atoms with Crippen LogP contribution in [0.5, 0.6) is 0 Å². The first kappa shape index (κ1) is 5.71. The third-order valence-corrected chi connectivity index (χ3v) is 1.80. The number of allylic oxidation sites excluding steroid dienone is 1. The monoisotopic (exact) mass is 136 g/mol. The largest absolute Gasteiger partial charge is 0.481 e. The van der Waals surface area contributed by atoms with Crippen LogP contribution in [-0.2, 0) is 4.74 Å². The summed E-state index contributed by atoms with van der Waals surface area (Å²) in [5, 5.41) is 0. The summed E-state index contributed by atoms with van der Waals surface area (Å²) in [6.45, 7) is 0. The van der Waals surface area contributed by atoms with Gasteiger partial charge >= 0.3 is 0 Å². The van der Waals surface area contributed by atoms with E-state index in [0.29, 0.717) is 0 Å². The Morgan fingerprint density at radius 2 is 2.60 bits per heavy atom. The van der Waals surface area contributed by atoms with E-state index in [1.807, 2.05) is 6.20 Å². The molecule has 0 fully saturated rings. The van der Waals surface area contributed by atoms with Gasteiger partial charge < -0.3 is 4.74 Å². The van der Waals surface area contributed by atoms with E-state index in [1.54, 1.807) is 6.26 Å². The van der Waals surface area contributed by atoms with E-state index in [-0.39, 0.29) is 6.10 Å². The Morgan fingerprint density at radius 1 is 1.60 bits per heavy atom. The smallest absolute Gasteiger partial charge is 0.220 e. The standard InChI is InChI=1S/C8H9NO/c1-2-4-8-7(3-1)9-5-6-10-8/h1,3,5-6,8H,2,4H2/p+1. The van der Waals surface area contributed by atoms with Crippen molar-refractivity contribution in [2.24, 2.45) is 0 Å². The zero-order valence-corrected chi connectivity index (χ0v) is 5.71. The van der Waals surface area contributed by atoms with Crippen LogP contribution in [0.15, 0.2) is 24.6 Å². The lowest BCUT2D eigenvalue weighted by Crippen LogP contribution is -2.70. The van der Waals surface area contributed by atoms with Crippen LogP contribution in [0.25, 0.3) is 0 Å². The summed E-state index contributed by atoms with van der Waals surface area (Å²) in [5.41, 5.74) is 1.19. The molecule has 0 saturated carbocycles. The van der Waals surface area contributed by atoms with Crippen LogP contribution >= 0.6 is 0 Å². The highest BCUT2D eigenvalue weighted by molar-refractivity contribution is 5.95. The van der Waals surface area contributed by atoms with Gasteiger partial charge in [0, 0.05) is 6.08 Å². The van der Waals surface area contributed by atoms with Crippen LogP contribution in [0.1, 0.15) is 12.8 Å². The Bertz CT molecular complexity index is 215. The van der Waals surface area contributed by atoms with Gasteiger partial charge in [0.15, 0.2) is 6.10 Å². The molecule has 0 aromatic rings. The fourth-order valence-electron chi connectivity index (χ4n) is 1.27. The van der Waals surface area contributed by atoms with Gasteiger partial charge in [-0.1, -0.05) is 6.08 Å². The molecule has 52 valence electrons. The van der Waals surface area contributed by atoms with E-state index < -0.39 is 0 Å². The summed E-state index contributed by atoms with van der Waals surface area (Å²) < 4.78 is 5.35. The molecule has 1 aliphatic carbocycles. The normalized spacial score (nSPS) is 28.8. The molecule has 1 N–H and O–H groups in total. The summed E-state index contributed by atoms with van der Waals surface area (Å²) >= 11 is 0. The molecule has 1 heterocycles. The fraction of sp³-hybridized carbons (Fsp3) is 0.375. The molecule has 0 aromatic carbocycles. The van der Waals surface area contributed by atoms with Gasteiger partial charge in [0.05, 0.1) is 0 Å². The van der Waals surface area contributed by atoms with Crippen molar-refractivity contribution in [1.29, 1.82) is 0 Å². The third-order valence-electron chi connectivity index (χ3n) is 1.80. The highest BCUT2D eigenvalue weighted by atomic mass is 16.5. The van der Waals surface area contributed by atoms with Gasteiger partial charge in [-0.2, -0.15) is 0 Å². The molecule has 1 aliphatic heterocycles. The SMILES string of the molecule is C1=CC2=[NH+]C=COC2CC1. The van der Waals surface area contributed by atoms with Crippen LogP contribution in [0, 0.1) is 0 Å². The first-order chi connectivity index (χ1) is 4.97. The van der Waals surface area contributed by atoms with Crippen molar-refractivity contribution in [2.45, 2.75) is 18.9 Å². The average Bonchev–Trinajstić information content (AvgIpc) is 2.05. The van der Waals surface area contributed by atoms with Crippen molar-refractivity contribution < 1.29 is 9.73 Å². The molecular weight excluding hydrogens is 126 g/mol. The zero-order chi connectivity index (χ0) is 6.81. The van der Waals surface area contributed by atoms with Crippen molar-refractivity contribution in [3.63, 3.8) is 0 Å². The van der Waals surface area contributed by atoms with Gasteiger partial charge in [0.1, 0.15) is 6.26 Å². The van der Waals surface area contributed by atoms with Crippen LogP contribution in [-0.4, -0.2) is 11.8 Å². The topological polar surface area (TPSA) is 23.2 Å². The lowest BCUT2D eigenvalue weighted by atomic mass is 10.0. The Morgan fingerprint density at radius 3 is 3.50 bits per heavy atom. The van der Waals surface area contributed by atoms with Crippen LogP contribution < -0.4 is 4.99 Å². The van der Waals surface area contributed by atoms with Crippen LogP contribution in [0.3, 0.4) is 0 Å². The Labute approximate surface area is 59.9 Å². The predicted molar refractivity (Wildman–Crippen MR) is 38.4 cm³/mol. The lowest BCUT2D eigenvalue weighted by molar-refractivity contribution is -0.384. The minimum Gasteiger partial charge on any atom is -0.481 e. The maximum atomic E-state index is 5.35. The van der Waals surface area contributed by atoms with Crippen LogP contribution in [0.2, 0.25) is 0 Å². The molecule has 2 rings (SSSR count). The molecular formula is C8H10NO+. The van der Waals surface area contributed by atoms with Gasteiger partial charge in [0.25, 0.3) is 0 Å². The number of rotatable bonds is 0. The number of hydrogen-bond acceptors (Lipinski definition) is 1. The minimum atomic E-state index is 0.287. The van der Waals surface area contributed by atoms with E-state index in [9.17, 15) is 0 Å². The van der Waals surface area contributed by atoms with E-state index in [2.05, 4.69) is 17.1 Å². The molecule has 0 aromatic heterocycles. The quantitative estimate of drug-likeness (QED) is 0.486. The molecule has 0 saturated heterocycles. The number of ether oxygens (including phenoxy) is 1. The summed E-state index contributed by atoms with van der Waals surface area (Å²) in [6, 6.07) is 0. The Kier molecular flexibility index (Phi) is 1.31. The molecule has 0 radical (unpaired) electrons. The van der Waals surface area contributed by atoms with Crippen molar-refractivity contribution in [3.8, 4) is 0 Å². The highest BCUT2D eigenvalue weighted by Crippen LogP contribution is 2.10. The molecule has 0 bridgehead atoms. The Balaban J connectivity index is 2.27. The first-order valence-corrected chi connectivity index (χ1v) is 3.57. The summed E-state index contributed by atoms with van der Waals surface area (Å²) in [4.78, 5) is 3.15.